The van der Waals surface area contributed by atoms with E-state index < -0.39 is 0 Å². The van der Waals surface area contributed by atoms with Crippen molar-refractivity contribution in [3.05, 3.63) is 0 Å². The topological polar surface area (TPSA) is 50.4 Å². The highest BCUT2D eigenvalue weighted by molar-refractivity contribution is 5.79. The fourth-order valence-electron chi connectivity index (χ4n) is 3.07. The Labute approximate surface area is 110 Å². The van der Waals surface area contributed by atoms with Gasteiger partial charge in [-0.05, 0) is 31.7 Å². The second kappa shape index (κ2) is 6.53. The molecule has 1 amide bonds. The quantitative estimate of drug-likeness (QED) is 0.791. The first-order chi connectivity index (χ1) is 8.68. The molecule has 2 rings (SSSR count). The lowest BCUT2D eigenvalue weighted by molar-refractivity contribution is -0.125. The van der Waals surface area contributed by atoms with Crippen LogP contribution in [0.2, 0.25) is 0 Å². The molecule has 2 fully saturated rings. The first-order valence-electron chi connectivity index (χ1n) is 7.28. The van der Waals surface area contributed by atoms with Crippen molar-refractivity contribution in [1.82, 2.24) is 10.6 Å². The van der Waals surface area contributed by atoms with Crippen LogP contribution in [0, 0.1) is 17.8 Å². The lowest BCUT2D eigenvalue weighted by atomic mass is 9.87. The first-order valence-corrected chi connectivity index (χ1v) is 7.28. The highest BCUT2D eigenvalue weighted by Crippen LogP contribution is 2.25. The number of amides is 1. The Kier molecular flexibility index (Phi) is 5.01. The van der Waals surface area contributed by atoms with Gasteiger partial charge in [0.25, 0.3) is 0 Å². The van der Waals surface area contributed by atoms with E-state index in [1.165, 1.54) is 6.42 Å². The molecule has 2 heterocycles. The second-order valence-corrected chi connectivity index (χ2v) is 5.92. The minimum atomic E-state index is 0.173. The summed E-state index contributed by atoms with van der Waals surface area (Å²) < 4.78 is 5.85. The van der Waals surface area contributed by atoms with Crippen molar-refractivity contribution in [2.75, 3.05) is 26.2 Å². The van der Waals surface area contributed by atoms with Gasteiger partial charge in [0.05, 0.1) is 12.0 Å². The van der Waals surface area contributed by atoms with Crippen LogP contribution in [0.25, 0.3) is 0 Å². The number of rotatable bonds is 4. The number of ether oxygens (including phenoxy) is 1. The molecule has 0 bridgehead atoms. The van der Waals surface area contributed by atoms with E-state index in [4.69, 9.17) is 4.74 Å². The van der Waals surface area contributed by atoms with Crippen LogP contribution >= 0.6 is 0 Å². The van der Waals surface area contributed by atoms with Crippen molar-refractivity contribution in [1.29, 1.82) is 0 Å². The number of carbonyl (C=O) groups is 1. The molecule has 2 saturated heterocycles. The van der Waals surface area contributed by atoms with Crippen LogP contribution < -0.4 is 10.6 Å². The zero-order valence-corrected chi connectivity index (χ0v) is 11.6. The van der Waals surface area contributed by atoms with E-state index in [0.717, 1.165) is 39.1 Å². The average Bonchev–Trinajstić information content (AvgIpc) is 2.90. The molecule has 0 aromatic carbocycles. The van der Waals surface area contributed by atoms with Crippen LogP contribution in [0.3, 0.4) is 0 Å². The van der Waals surface area contributed by atoms with E-state index in [2.05, 4.69) is 24.5 Å². The molecule has 0 radical (unpaired) electrons. The van der Waals surface area contributed by atoms with E-state index in [-0.39, 0.29) is 11.8 Å². The van der Waals surface area contributed by atoms with Gasteiger partial charge in [0, 0.05) is 25.6 Å². The molecule has 3 unspecified atom stereocenters. The van der Waals surface area contributed by atoms with Crippen molar-refractivity contribution in [3.63, 3.8) is 0 Å². The van der Waals surface area contributed by atoms with Gasteiger partial charge in [0.1, 0.15) is 0 Å². The summed E-state index contributed by atoms with van der Waals surface area (Å²) >= 11 is 0. The van der Waals surface area contributed by atoms with Crippen molar-refractivity contribution in [2.24, 2.45) is 17.8 Å². The van der Waals surface area contributed by atoms with E-state index in [9.17, 15) is 4.79 Å². The highest BCUT2D eigenvalue weighted by atomic mass is 16.5. The van der Waals surface area contributed by atoms with Crippen LogP contribution in [0.5, 0.6) is 0 Å². The zero-order chi connectivity index (χ0) is 13.0. The second-order valence-electron chi connectivity index (χ2n) is 5.92. The molecule has 104 valence electrons. The molecule has 0 aliphatic carbocycles. The van der Waals surface area contributed by atoms with Gasteiger partial charge in [0.2, 0.25) is 5.91 Å². The Morgan fingerprint density at radius 3 is 2.94 bits per heavy atom. The molecule has 2 aliphatic rings. The number of hydrogen-bond acceptors (Lipinski definition) is 3. The maximum absolute atomic E-state index is 12.0. The van der Waals surface area contributed by atoms with Crippen molar-refractivity contribution >= 4 is 5.91 Å². The van der Waals surface area contributed by atoms with E-state index >= 15 is 0 Å². The Morgan fingerprint density at radius 2 is 2.28 bits per heavy atom. The first kappa shape index (κ1) is 13.8. The van der Waals surface area contributed by atoms with Crippen LogP contribution in [0.4, 0.5) is 0 Å². The molecule has 4 heteroatoms. The van der Waals surface area contributed by atoms with E-state index in [1.54, 1.807) is 0 Å². The lowest BCUT2D eigenvalue weighted by Gasteiger charge is -2.34. The maximum Gasteiger partial charge on any atom is 0.224 e. The van der Waals surface area contributed by atoms with Gasteiger partial charge in [-0.3, -0.25) is 4.79 Å². The van der Waals surface area contributed by atoms with Crippen molar-refractivity contribution in [3.8, 4) is 0 Å². The third-order valence-electron chi connectivity index (χ3n) is 4.12. The summed E-state index contributed by atoms with van der Waals surface area (Å²) in [4.78, 5) is 12.0. The normalized spacial score (nSPS) is 32.7. The predicted molar refractivity (Wildman–Crippen MR) is 71.3 cm³/mol. The minimum absolute atomic E-state index is 0.173. The van der Waals surface area contributed by atoms with Crippen LogP contribution in [-0.2, 0) is 9.53 Å². The molecule has 0 aromatic heterocycles. The third kappa shape index (κ3) is 3.45. The molecule has 0 saturated carbocycles. The van der Waals surface area contributed by atoms with Gasteiger partial charge >= 0.3 is 0 Å². The molecular weight excluding hydrogens is 228 g/mol. The fraction of sp³-hybridized carbons (Fsp3) is 0.929. The summed E-state index contributed by atoms with van der Waals surface area (Å²) in [7, 11) is 0. The molecule has 3 atom stereocenters. The fourth-order valence-corrected chi connectivity index (χ4v) is 3.07. The zero-order valence-electron chi connectivity index (χ0n) is 11.6. The molecule has 2 N–H and O–H groups in total. The standard InChI is InChI=1S/C14H26N2O2/c1-10(2)13-11(4-3-7-18-13)9-16-14(17)12-5-6-15-8-12/h10-13,15H,3-9H2,1-2H3,(H,16,17). The summed E-state index contributed by atoms with van der Waals surface area (Å²) in [6, 6.07) is 0. The smallest absolute Gasteiger partial charge is 0.224 e. The summed E-state index contributed by atoms with van der Waals surface area (Å²) in [5.74, 6) is 1.40. The van der Waals surface area contributed by atoms with Gasteiger partial charge in [-0.25, -0.2) is 0 Å². The molecular formula is C14H26N2O2. The van der Waals surface area contributed by atoms with E-state index in [1.807, 2.05) is 0 Å². The lowest BCUT2D eigenvalue weighted by Crippen LogP contribution is -2.43. The Balaban J connectivity index is 1.78. The van der Waals surface area contributed by atoms with Gasteiger partial charge < -0.3 is 15.4 Å². The highest BCUT2D eigenvalue weighted by Gasteiger charge is 2.30. The van der Waals surface area contributed by atoms with Gasteiger partial charge in [0.15, 0.2) is 0 Å². The summed E-state index contributed by atoms with van der Waals surface area (Å²) in [6.07, 6.45) is 3.57. The molecule has 18 heavy (non-hydrogen) atoms. The van der Waals surface area contributed by atoms with Gasteiger partial charge in [-0.1, -0.05) is 13.8 Å². The summed E-state index contributed by atoms with van der Waals surface area (Å²) in [5.41, 5.74) is 0. The van der Waals surface area contributed by atoms with Gasteiger partial charge in [-0.2, -0.15) is 0 Å². The molecule has 0 spiro atoms. The van der Waals surface area contributed by atoms with Crippen LogP contribution in [0.1, 0.15) is 33.1 Å². The third-order valence-corrected chi connectivity index (χ3v) is 4.12. The largest absolute Gasteiger partial charge is 0.378 e. The van der Waals surface area contributed by atoms with Crippen LogP contribution in [-0.4, -0.2) is 38.3 Å². The monoisotopic (exact) mass is 254 g/mol. The number of hydrogen-bond donors (Lipinski definition) is 2. The van der Waals surface area contributed by atoms with Crippen molar-refractivity contribution in [2.45, 2.75) is 39.2 Å². The molecule has 2 aliphatic heterocycles. The Morgan fingerprint density at radius 1 is 1.44 bits per heavy atom. The summed E-state index contributed by atoms with van der Waals surface area (Å²) in [6.45, 7) is 7.86. The Hall–Kier alpha value is -0.610. The van der Waals surface area contributed by atoms with Gasteiger partial charge in [-0.15, -0.1) is 0 Å². The van der Waals surface area contributed by atoms with E-state index in [0.29, 0.717) is 17.9 Å². The van der Waals surface area contributed by atoms with Crippen molar-refractivity contribution < 1.29 is 9.53 Å². The molecule has 4 nitrogen and oxygen atoms in total. The maximum atomic E-state index is 12.0. The Bertz CT molecular complexity index is 275. The number of nitrogens with one attached hydrogen (secondary N) is 2. The average molecular weight is 254 g/mol. The van der Waals surface area contributed by atoms with Crippen LogP contribution in [0.15, 0.2) is 0 Å². The molecule has 0 aromatic rings. The summed E-state index contributed by atoms with van der Waals surface area (Å²) in [5, 5.41) is 6.35. The minimum Gasteiger partial charge on any atom is -0.378 e. The number of carbonyl (C=O) groups excluding carboxylic acids is 1. The SMILES string of the molecule is CC(C)C1OCCCC1CNC(=O)C1CCNC1. The predicted octanol–water partition coefficient (Wildman–Crippen LogP) is 1.16.